The first-order chi connectivity index (χ1) is 16.5. The van der Waals surface area contributed by atoms with Gasteiger partial charge in [0.05, 0.1) is 11.2 Å². The third kappa shape index (κ3) is 3.35. The van der Waals surface area contributed by atoms with Gasteiger partial charge in [-0.25, -0.2) is 4.98 Å². The Bertz CT molecular complexity index is 1530. The van der Waals surface area contributed by atoms with E-state index < -0.39 is 0 Å². The molecule has 3 heterocycles. The van der Waals surface area contributed by atoms with Gasteiger partial charge < -0.3 is 11.1 Å². The molecule has 6 rings (SSSR count). The Morgan fingerprint density at radius 1 is 1.00 bits per heavy atom. The summed E-state index contributed by atoms with van der Waals surface area (Å²) in [6.45, 7) is 5.81. The van der Waals surface area contributed by atoms with Crippen LogP contribution in [0.4, 0.5) is 5.95 Å². The number of hydrogen-bond donors (Lipinski definition) is 2. The molecule has 1 saturated carbocycles. The summed E-state index contributed by atoms with van der Waals surface area (Å²) >= 11 is 0. The molecule has 34 heavy (non-hydrogen) atoms. The molecule has 1 fully saturated rings. The van der Waals surface area contributed by atoms with Gasteiger partial charge in [-0.2, -0.15) is 0 Å². The minimum Gasteiger partial charge on any atom is -0.329 e. The molecule has 168 valence electrons. The van der Waals surface area contributed by atoms with Crippen LogP contribution >= 0.6 is 0 Å². The van der Waals surface area contributed by atoms with Crippen LogP contribution in [-0.4, -0.2) is 19.6 Å². The zero-order chi connectivity index (χ0) is 23.3. The van der Waals surface area contributed by atoms with Crippen LogP contribution in [0, 0.1) is 0 Å². The monoisotopic (exact) mass is 446 g/mol. The van der Waals surface area contributed by atoms with E-state index in [1.54, 1.807) is 0 Å². The third-order valence-corrected chi connectivity index (χ3v) is 6.76. The molecule has 3 aromatic heterocycles. The lowest BCUT2D eigenvalue weighted by Gasteiger charge is -2.38. The fourth-order valence-corrected chi connectivity index (χ4v) is 4.74. The molecule has 3 N–H and O–H groups in total. The van der Waals surface area contributed by atoms with Crippen molar-refractivity contribution in [3.8, 4) is 22.4 Å². The molecule has 1 aliphatic rings. The molecule has 0 aliphatic heterocycles. The van der Waals surface area contributed by atoms with Crippen molar-refractivity contribution in [2.45, 2.75) is 31.7 Å². The highest BCUT2D eigenvalue weighted by molar-refractivity contribution is 5.98. The molecule has 0 unspecified atom stereocenters. The fraction of sp³-hybridized carbons (Fsp3) is 0.179. The van der Waals surface area contributed by atoms with Crippen LogP contribution < -0.4 is 11.1 Å². The smallest absolute Gasteiger partial charge is 0.233 e. The van der Waals surface area contributed by atoms with Gasteiger partial charge in [0.2, 0.25) is 5.95 Å². The maximum Gasteiger partial charge on any atom is 0.233 e. The van der Waals surface area contributed by atoms with Crippen LogP contribution in [-0.2, 0) is 5.54 Å². The van der Waals surface area contributed by atoms with Crippen LogP contribution in [0.2, 0.25) is 0 Å². The van der Waals surface area contributed by atoms with Gasteiger partial charge in [-0.1, -0.05) is 61.2 Å². The van der Waals surface area contributed by atoms with E-state index in [1.807, 2.05) is 41.8 Å². The summed E-state index contributed by atoms with van der Waals surface area (Å²) in [7, 11) is 0. The van der Waals surface area contributed by atoms with Crippen LogP contribution in [0.25, 0.3) is 38.9 Å². The second-order valence-corrected chi connectivity index (χ2v) is 9.21. The van der Waals surface area contributed by atoms with E-state index >= 15 is 0 Å². The topological polar surface area (TPSA) is 81.1 Å². The number of pyridine rings is 2. The molecule has 6 nitrogen and oxygen atoms in total. The quantitative estimate of drug-likeness (QED) is 0.352. The number of nitrogens with one attached hydrogen (secondary N) is 1. The molecular weight excluding hydrogens is 420 g/mol. The molecule has 1 aliphatic carbocycles. The van der Waals surface area contributed by atoms with Crippen molar-refractivity contribution >= 4 is 22.5 Å². The van der Waals surface area contributed by atoms with Crippen molar-refractivity contribution in [3.05, 3.63) is 90.8 Å². The number of aromatic nitrogens is 4. The molecule has 0 atom stereocenters. The Kier molecular flexibility index (Phi) is 4.71. The Morgan fingerprint density at radius 3 is 2.44 bits per heavy atom. The maximum absolute atomic E-state index is 6.55. The number of nitrogens with two attached hydrogens (primary N) is 1. The SMILES string of the molecule is C=C(C)Nc1nnc2c3cc(-c4ccccc4)c(-c4ccc(C5(N)CCC5)cc4)nc3ccn12. The Morgan fingerprint density at radius 2 is 1.76 bits per heavy atom. The van der Waals surface area contributed by atoms with Gasteiger partial charge in [0.25, 0.3) is 0 Å². The molecule has 0 amide bonds. The first-order valence-electron chi connectivity index (χ1n) is 11.6. The summed E-state index contributed by atoms with van der Waals surface area (Å²) in [5.41, 5.74) is 14.2. The highest BCUT2D eigenvalue weighted by Crippen LogP contribution is 2.40. The average Bonchev–Trinajstić information content (AvgIpc) is 3.25. The molecular formula is C28H26N6. The fourth-order valence-electron chi connectivity index (χ4n) is 4.74. The van der Waals surface area contributed by atoms with E-state index in [1.165, 1.54) is 12.0 Å². The molecule has 0 saturated heterocycles. The summed E-state index contributed by atoms with van der Waals surface area (Å²) in [6.07, 6.45) is 5.24. The molecule has 0 bridgehead atoms. The number of allylic oxidation sites excluding steroid dienone is 1. The van der Waals surface area contributed by atoms with E-state index in [-0.39, 0.29) is 5.54 Å². The van der Waals surface area contributed by atoms with Crippen molar-refractivity contribution in [2.75, 3.05) is 5.32 Å². The van der Waals surface area contributed by atoms with Crippen molar-refractivity contribution in [1.29, 1.82) is 0 Å². The molecule has 0 radical (unpaired) electrons. The van der Waals surface area contributed by atoms with Crippen LogP contribution in [0.5, 0.6) is 0 Å². The van der Waals surface area contributed by atoms with Crippen LogP contribution in [0.15, 0.2) is 85.2 Å². The maximum atomic E-state index is 6.55. The van der Waals surface area contributed by atoms with Gasteiger partial charge in [-0.15, -0.1) is 10.2 Å². The number of hydrogen-bond acceptors (Lipinski definition) is 5. The summed E-state index contributed by atoms with van der Waals surface area (Å²) in [5, 5.41) is 12.9. The number of benzene rings is 2. The zero-order valence-electron chi connectivity index (χ0n) is 19.1. The van der Waals surface area contributed by atoms with Crippen LogP contribution in [0.3, 0.4) is 0 Å². The minimum absolute atomic E-state index is 0.174. The van der Waals surface area contributed by atoms with Gasteiger partial charge in [-0.05, 0) is 49.4 Å². The standard InChI is InChI=1S/C28H26N6/c1-18(2)30-27-33-32-26-23-17-22(19-7-4-3-5-8-19)25(31-24(23)13-16-34(26)27)20-9-11-21(12-10-20)28(29)14-6-15-28/h3-5,7-13,16-17H,1,6,14-15,29H2,2H3,(H,30,33). The minimum atomic E-state index is -0.174. The van der Waals surface area contributed by atoms with E-state index in [0.717, 1.165) is 57.5 Å². The average molecular weight is 447 g/mol. The van der Waals surface area contributed by atoms with E-state index in [0.29, 0.717) is 5.95 Å². The molecule has 0 spiro atoms. The molecule has 6 heteroatoms. The largest absolute Gasteiger partial charge is 0.329 e. The van der Waals surface area contributed by atoms with Crippen molar-refractivity contribution in [3.63, 3.8) is 0 Å². The van der Waals surface area contributed by atoms with Crippen LogP contribution in [0.1, 0.15) is 31.7 Å². The summed E-state index contributed by atoms with van der Waals surface area (Å²) in [5.74, 6) is 0.636. The van der Waals surface area contributed by atoms with E-state index in [4.69, 9.17) is 10.7 Å². The summed E-state index contributed by atoms with van der Waals surface area (Å²) < 4.78 is 1.93. The van der Waals surface area contributed by atoms with Gasteiger partial charge in [0, 0.05) is 33.9 Å². The van der Waals surface area contributed by atoms with Crippen molar-refractivity contribution in [1.82, 2.24) is 19.6 Å². The van der Waals surface area contributed by atoms with E-state index in [9.17, 15) is 0 Å². The second kappa shape index (κ2) is 7.78. The third-order valence-electron chi connectivity index (χ3n) is 6.76. The van der Waals surface area contributed by atoms with Gasteiger partial charge in [-0.3, -0.25) is 4.40 Å². The Balaban J connectivity index is 1.54. The van der Waals surface area contributed by atoms with Crippen molar-refractivity contribution in [2.24, 2.45) is 5.73 Å². The van der Waals surface area contributed by atoms with Gasteiger partial charge in [0.1, 0.15) is 0 Å². The lowest BCUT2D eigenvalue weighted by Crippen LogP contribution is -2.43. The first-order valence-corrected chi connectivity index (χ1v) is 11.6. The highest BCUT2D eigenvalue weighted by Gasteiger charge is 2.34. The Hall–Kier alpha value is -4.03. The van der Waals surface area contributed by atoms with Crippen molar-refractivity contribution < 1.29 is 0 Å². The number of fused-ring (bicyclic) bond motifs is 3. The van der Waals surface area contributed by atoms with Gasteiger partial charge in [0.15, 0.2) is 5.65 Å². The predicted octanol–water partition coefficient (Wildman–Crippen LogP) is 5.89. The lowest BCUT2D eigenvalue weighted by molar-refractivity contribution is 0.253. The number of nitrogens with zero attached hydrogens (tertiary/aromatic N) is 4. The summed E-state index contributed by atoms with van der Waals surface area (Å²) in [6, 6.07) is 23.1. The normalized spacial score (nSPS) is 14.8. The first kappa shape index (κ1) is 20.6. The lowest BCUT2D eigenvalue weighted by atomic mass is 9.72. The highest BCUT2D eigenvalue weighted by atomic mass is 15.3. The number of rotatable bonds is 5. The summed E-state index contributed by atoms with van der Waals surface area (Å²) in [4.78, 5) is 5.12. The zero-order valence-corrected chi connectivity index (χ0v) is 19.1. The predicted molar refractivity (Wildman–Crippen MR) is 137 cm³/mol. The second-order valence-electron chi connectivity index (χ2n) is 9.21. The molecule has 2 aromatic carbocycles. The van der Waals surface area contributed by atoms with E-state index in [2.05, 4.69) is 64.6 Å². The Labute approximate surface area is 198 Å². The molecule has 5 aromatic rings. The van der Waals surface area contributed by atoms with Gasteiger partial charge >= 0.3 is 0 Å². The number of anilines is 1.